The van der Waals surface area contributed by atoms with Gasteiger partial charge in [-0.25, -0.2) is 4.85 Å². The molecule has 2 heterocycles. The Hall–Kier alpha value is -7.08. The van der Waals surface area contributed by atoms with Crippen LogP contribution in [0.25, 0.3) is 82.1 Å². The Balaban J connectivity index is 1.28. The molecule has 0 saturated heterocycles. The maximum Gasteiger partial charge on any atom is 0.253 e. The maximum atomic E-state index is 11.5. The largest absolute Gasteiger partial charge is 0.503 e. The van der Waals surface area contributed by atoms with E-state index in [0.717, 1.165) is 73.4 Å². The van der Waals surface area contributed by atoms with Gasteiger partial charge in [-0.2, -0.15) is 5.26 Å². The molecule has 0 N–H and O–H groups in total. The van der Waals surface area contributed by atoms with E-state index in [2.05, 4.69) is 190 Å². The molecule has 62 heavy (non-hydrogen) atoms. The predicted octanol–water partition coefficient (Wildman–Crippen LogP) is 15.0. The first-order valence-electron chi connectivity index (χ1n) is 22.0. The fourth-order valence-electron chi connectivity index (χ4n) is 11.1. The van der Waals surface area contributed by atoms with Gasteiger partial charge in [0.1, 0.15) is 17.4 Å². The van der Waals surface area contributed by atoms with Gasteiger partial charge in [0.05, 0.1) is 46.6 Å². The highest BCUT2D eigenvalue weighted by molar-refractivity contribution is 6.14. The third kappa shape index (κ3) is 5.00. The lowest BCUT2D eigenvalue weighted by Gasteiger charge is -2.25. The van der Waals surface area contributed by atoms with Crippen molar-refractivity contribution in [3.05, 3.63) is 166 Å². The van der Waals surface area contributed by atoms with Crippen LogP contribution in [0.4, 0.5) is 5.69 Å². The lowest BCUT2D eigenvalue weighted by atomic mass is 9.82. The van der Waals surface area contributed by atoms with Crippen molar-refractivity contribution < 1.29 is 4.74 Å². The van der Waals surface area contributed by atoms with Gasteiger partial charge in [-0.05, 0) is 106 Å². The van der Waals surface area contributed by atoms with Crippen LogP contribution in [0.1, 0.15) is 87.8 Å². The van der Waals surface area contributed by atoms with Crippen LogP contribution in [-0.4, -0.2) is 15.7 Å². The summed E-state index contributed by atoms with van der Waals surface area (Å²) in [7, 11) is 0. The number of para-hydroxylation sites is 2. The normalized spacial score (nSPS) is 14.7. The van der Waals surface area contributed by atoms with E-state index >= 15 is 0 Å². The molecular weight excluding hydrogens is 757 g/mol. The van der Waals surface area contributed by atoms with Gasteiger partial charge < -0.3 is 13.9 Å². The molecule has 7 aromatic carbocycles. The molecule has 11 rings (SSSR count). The highest BCUT2D eigenvalue weighted by Gasteiger charge is 2.39. The molecule has 1 atom stereocenters. The standard InChI is InChI=1S/C57H48N4O/c1-9-33(2)26-27-62-55-43(32-58)53(60-48-24-16-12-20-37(48)41-28-39-35-18-10-14-22-44(35)56(4,5)46(39)30-50(41)60)34(3)54(52(55)59-8)61-49-25-17-13-21-38(49)42-29-40-36-19-11-15-23-45(36)57(6,7)47(40)31-51(42)61/h10-25,28-31,33H,9,26-27H2,1-7H3. The lowest BCUT2D eigenvalue weighted by molar-refractivity contribution is 0.282. The highest BCUT2D eigenvalue weighted by atomic mass is 16.5. The van der Waals surface area contributed by atoms with Crippen molar-refractivity contribution in [2.24, 2.45) is 5.92 Å². The van der Waals surface area contributed by atoms with Gasteiger partial charge >= 0.3 is 0 Å². The SMILES string of the molecule is [C-]#[N+]c1c(OCCC(C)CC)c(C#N)c(-n2c3ccccc3c3cc4c(cc32)C(C)(C)c2ccccc2-4)c(C)c1-n1c2ccccc2c2cc3c(cc21)C(C)(C)c1ccccc1-3. The van der Waals surface area contributed by atoms with Crippen molar-refractivity contribution >= 4 is 49.3 Å². The van der Waals surface area contributed by atoms with Crippen LogP contribution in [-0.2, 0) is 10.8 Å². The molecule has 0 radical (unpaired) electrons. The lowest BCUT2D eigenvalue weighted by Crippen LogP contribution is -2.15. The minimum Gasteiger partial charge on any atom is -0.503 e. The summed E-state index contributed by atoms with van der Waals surface area (Å²) >= 11 is 0. The first kappa shape index (κ1) is 37.9. The van der Waals surface area contributed by atoms with E-state index in [0.29, 0.717) is 29.5 Å². The van der Waals surface area contributed by atoms with E-state index in [1.54, 1.807) is 0 Å². The molecule has 1 unspecified atom stereocenters. The van der Waals surface area contributed by atoms with Gasteiger partial charge in [0.2, 0.25) is 0 Å². The van der Waals surface area contributed by atoms with E-state index < -0.39 is 0 Å². The number of aromatic nitrogens is 2. The van der Waals surface area contributed by atoms with Crippen molar-refractivity contribution in [1.82, 2.24) is 9.13 Å². The smallest absolute Gasteiger partial charge is 0.253 e. The zero-order valence-electron chi connectivity index (χ0n) is 36.4. The number of nitriles is 1. The van der Waals surface area contributed by atoms with Crippen LogP contribution < -0.4 is 4.74 Å². The van der Waals surface area contributed by atoms with Crippen LogP contribution in [0.2, 0.25) is 0 Å². The molecule has 0 aliphatic heterocycles. The van der Waals surface area contributed by atoms with Crippen molar-refractivity contribution in [2.45, 2.75) is 72.1 Å². The monoisotopic (exact) mass is 804 g/mol. The summed E-state index contributed by atoms with van der Waals surface area (Å²) in [6.45, 7) is 25.1. The molecule has 9 aromatic rings. The van der Waals surface area contributed by atoms with Gasteiger partial charge in [-0.3, -0.25) is 0 Å². The van der Waals surface area contributed by atoms with Gasteiger partial charge in [0.25, 0.3) is 5.69 Å². The Morgan fingerprint density at radius 3 is 1.61 bits per heavy atom. The Kier molecular flexibility index (Phi) is 8.22. The fourth-order valence-corrected chi connectivity index (χ4v) is 11.1. The maximum absolute atomic E-state index is 11.5. The second-order valence-electron chi connectivity index (χ2n) is 18.6. The summed E-state index contributed by atoms with van der Waals surface area (Å²) in [4.78, 5) is 4.34. The molecule has 5 nitrogen and oxygen atoms in total. The molecule has 0 saturated carbocycles. The average Bonchev–Trinajstić information content (AvgIpc) is 3.93. The number of hydrogen-bond acceptors (Lipinski definition) is 2. The van der Waals surface area contributed by atoms with E-state index in [9.17, 15) is 5.26 Å². The van der Waals surface area contributed by atoms with Crippen molar-refractivity contribution in [2.75, 3.05) is 6.61 Å². The van der Waals surface area contributed by atoms with Gasteiger partial charge in [-0.1, -0.05) is 133 Å². The Morgan fingerprint density at radius 1 is 0.629 bits per heavy atom. The van der Waals surface area contributed by atoms with E-state index in [1.807, 2.05) is 0 Å². The Bertz CT molecular complexity index is 3270. The summed E-state index contributed by atoms with van der Waals surface area (Å²) in [5.41, 5.74) is 16.9. The number of hydrogen-bond donors (Lipinski definition) is 0. The first-order chi connectivity index (χ1) is 30.0. The van der Waals surface area contributed by atoms with Crippen LogP contribution in [0.3, 0.4) is 0 Å². The van der Waals surface area contributed by atoms with E-state index in [1.165, 1.54) is 44.5 Å². The number of benzene rings is 7. The fraction of sp³-hybridized carbons (Fsp3) is 0.228. The molecule has 2 aromatic heterocycles. The van der Waals surface area contributed by atoms with Crippen LogP contribution >= 0.6 is 0 Å². The van der Waals surface area contributed by atoms with Crippen molar-refractivity contribution in [3.8, 4) is 45.4 Å². The Labute approximate surface area is 363 Å². The second-order valence-corrected chi connectivity index (χ2v) is 18.6. The van der Waals surface area contributed by atoms with Gasteiger partial charge in [0, 0.05) is 32.4 Å². The van der Waals surface area contributed by atoms with Gasteiger partial charge in [0.15, 0.2) is 0 Å². The van der Waals surface area contributed by atoms with Crippen molar-refractivity contribution in [3.63, 3.8) is 0 Å². The zero-order valence-corrected chi connectivity index (χ0v) is 36.4. The van der Waals surface area contributed by atoms with E-state index in [4.69, 9.17) is 11.3 Å². The van der Waals surface area contributed by atoms with Crippen LogP contribution in [0, 0.1) is 30.7 Å². The molecule has 2 aliphatic carbocycles. The number of rotatable bonds is 7. The molecule has 5 heteroatoms. The summed E-state index contributed by atoms with van der Waals surface area (Å²) in [6, 6.07) is 46.7. The average molecular weight is 805 g/mol. The van der Waals surface area contributed by atoms with Gasteiger partial charge in [-0.15, -0.1) is 0 Å². The molecule has 0 amide bonds. The summed E-state index contributed by atoms with van der Waals surface area (Å²) < 4.78 is 11.4. The minimum absolute atomic E-state index is 0.226. The molecular formula is C57H48N4O. The topological polar surface area (TPSA) is 47.2 Å². The number of nitrogens with zero attached hydrogens (tertiary/aromatic N) is 4. The number of ether oxygens (including phenoxy) is 1. The van der Waals surface area contributed by atoms with E-state index in [-0.39, 0.29) is 10.8 Å². The molecule has 2 aliphatic rings. The summed E-state index contributed by atoms with van der Waals surface area (Å²) in [5.74, 6) is 0.779. The highest BCUT2D eigenvalue weighted by Crippen LogP contribution is 2.55. The van der Waals surface area contributed by atoms with Crippen LogP contribution in [0.15, 0.2) is 121 Å². The molecule has 0 fully saturated rings. The van der Waals surface area contributed by atoms with Crippen LogP contribution in [0.5, 0.6) is 5.75 Å². The summed E-state index contributed by atoms with van der Waals surface area (Å²) in [5, 5.41) is 15.9. The summed E-state index contributed by atoms with van der Waals surface area (Å²) in [6.07, 6.45) is 1.83. The van der Waals surface area contributed by atoms with Crippen molar-refractivity contribution in [1.29, 1.82) is 5.26 Å². The Morgan fingerprint density at radius 2 is 1.11 bits per heavy atom. The zero-order chi connectivity index (χ0) is 42.8. The minimum atomic E-state index is -0.228. The second kappa shape index (κ2) is 13.5. The quantitative estimate of drug-likeness (QED) is 0.151. The molecule has 0 spiro atoms. The molecule has 302 valence electrons. The predicted molar refractivity (Wildman–Crippen MR) is 256 cm³/mol. The number of fused-ring (bicyclic) bond motifs is 12. The molecule has 0 bridgehead atoms. The third-order valence-corrected chi connectivity index (χ3v) is 14.6. The first-order valence-corrected chi connectivity index (χ1v) is 22.0. The third-order valence-electron chi connectivity index (χ3n) is 14.6.